The van der Waals surface area contributed by atoms with Crippen LogP contribution in [0.25, 0.3) is 17.0 Å². The van der Waals surface area contributed by atoms with Crippen LogP contribution in [0.15, 0.2) is 61.4 Å². The molecule has 0 spiro atoms. The molecule has 40 heavy (non-hydrogen) atoms. The van der Waals surface area contributed by atoms with Gasteiger partial charge in [0.25, 0.3) is 0 Å². The number of carbonyl (C=O) groups excluding carboxylic acids is 1. The molecule has 1 aliphatic rings. The zero-order valence-corrected chi connectivity index (χ0v) is 22.2. The number of aromatic nitrogens is 4. The summed E-state index contributed by atoms with van der Waals surface area (Å²) in [7, 11) is 0. The highest BCUT2D eigenvalue weighted by molar-refractivity contribution is 5.99. The summed E-state index contributed by atoms with van der Waals surface area (Å²) in [6.07, 6.45) is 4.24. The van der Waals surface area contributed by atoms with Crippen LogP contribution >= 0.6 is 0 Å². The first-order valence-electron chi connectivity index (χ1n) is 12.8. The number of rotatable bonds is 8. The number of hydrogen-bond acceptors (Lipinski definition) is 8. The van der Waals surface area contributed by atoms with E-state index in [4.69, 9.17) is 0 Å². The van der Waals surface area contributed by atoms with Crippen molar-refractivity contribution in [3.05, 3.63) is 73.1 Å². The van der Waals surface area contributed by atoms with E-state index in [0.717, 1.165) is 0 Å². The van der Waals surface area contributed by atoms with Crippen molar-refractivity contribution in [1.82, 2.24) is 24.5 Å². The standard InChI is InChI=1S/C28H30F2N8O2/c1-4-24(39)32-19-7-5-6-18(14-19)27-35-34-23-15-31-22(16-38(23)27)33-20-8-9-21(26(30)25(20)29)37-12-10-36(11-13-37)17-28(2,3)40/h4-9,14-16,33,40H,1,10-13,17H2,2-3H3,(H,32,39). The summed E-state index contributed by atoms with van der Waals surface area (Å²) < 4.78 is 32.0. The quantitative estimate of drug-likeness (QED) is 0.285. The number of nitrogens with zero attached hydrogens (tertiary/aromatic N) is 6. The molecule has 2 aromatic heterocycles. The van der Waals surface area contributed by atoms with Crippen LogP contribution in [0.5, 0.6) is 0 Å². The summed E-state index contributed by atoms with van der Waals surface area (Å²) >= 11 is 0. The highest BCUT2D eigenvalue weighted by Gasteiger charge is 2.25. The van der Waals surface area contributed by atoms with Crippen molar-refractivity contribution >= 4 is 34.4 Å². The first-order valence-corrected chi connectivity index (χ1v) is 12.8. The van der Waals surface area contributed by atoms with E-state index < -0.39 is 17.2 Å². The van der Waals surface area contributed by atoms with Gasteiger partial charge in [-0.15, -0.1) is 10.2 Å². The Hall–Kier alpha value is -4.42. The highest BCUT2D eigenvalue weighted by atomic mass is 19.2. The molecule has 0 saturated carbocycles. The van der Waals surface area contributed by atoms with E-state index in [1.807, 2.05) is 11.0 Å². The zero-order chi connectivity index (χ0) is 28.4. The minimum absolute atomic E-state index is 0.0578. The average Bonchev–Trinajstić information content (AvgIpc) is 3.35. The van der Waals surface area contributed by atoms with Crippen LogP contribution < -0.4 is 15.5 Å². The smallest absolute Gasteiger partial charge is 0.247 e. The molecular weight excluding hydrogens is 518 g/mol. The van der Waals surface area contributed by atoms with Gasteiger partial charge in [0.05, 0.1) is 29.4 Å². The third-order valence-electron chi connectivity index (χ3n) is 6.51. The molecule has 3 N–H and O–H groups in total. The van der Waals surface area contributed by atoms with E-state index in [1.54, 1.807) is 48.7 Å². The Morgan fingerprint density at radius 2 is 1.90 bits per heavy atom. The minimum Gasteiger partial charge on any atom is -0.389 e. The molecular formula is C28H30F2N8O2. The van der Waals surface area contributed by atoms with Crippen LogP contribution in [-0.2, 0) is 4.79 Å². The van der Waals surface area contributed by atoms with Gasteiger partial charge >= 0.3 is 0 Å². The van der Waals surface area contributed by atoms with Crippen LogP contribution in [0.1, 0.15) is 13.8 Å². The van der Waals surface area contributed by atoms with Gasteiger partial charge in [0, 0.05) is 44.0 Å². The Balaban J connectivity index is 1.34. The van der Waals surface area contributed by atoms with E-state index >= 15 is 8.78 Å². The first-order chi connectivity index (χ1) is 19.1. The van der Waals surface area contributed by atoms with Crippen LogP contribution in [0.4, 0.5) is 31.7 Å². The van der Waals surface area contributed by atoms with Gasteiger partial charge in [0.15, 0.2) is 23.1 Å². The molecule has 1 fully saturated rings. The zero-order valence-electron chi connectivity index (χ0n) is 22.2. The summed E-state index contributed by atoms with van der Waals surface area (Å²) in [5, 5.41) is 24.0. The Bertz CT molecular complexity index is 1560. The van der Waals surface area contributed by atoms with Gasteiger partial charge in [0.2, 0.25) is 5.91 Å². The topological polar surface area (TPSA) is 111 Å². The number of carbonyl (C=O) groups is 1. The van der Waals surface area contributed by atoms with E-state index in [2.05, 4.69) is 37.3 Å². The van der Waals surface area contributed by atoms with Crippen molar-refractivity contribution in [2.75, 3.05) is 48.3 Å². The average molecular weight is 549 g/mol. The van der Waals surface area contributed by atoms with Crippen molar-refractivity contribution in [1.29, 1.82) is 0 Å². The lowest BCUT2D eigenvalue weighted by molar-refractivity contribution is -0.111. The van der Waals surface area contributed by atoms with Crippen LogP contribution in [0.3, 0.4) is 0 Å². The van der Waals surface area contributed by atoms with Gasteiger partial charge in [-0.05, 0) is 44.2 Å². The van der Waals surface area contributed by atoms with Gasteiger partial charge in [-0.1, -0.05) is 18.7 Å². The lowest BCUT2D eigenvalue weighted by Gasteiger charge is -2.38. The van der Waals surface area contributed by atoms with Gasteiger partial charge in [-0.3, -0.25) is 14.1 Å². The molecule has 4 aromatic rings. The fourth-order valence-electron chi connectivity index (χ4n) is 4.70. The minimum atomic E-state index is -1.01. The molecule has 0 aliphatic carbocycles. The Kier molecular flexibility index (Phi) is 7.46. The number of halogens is 2. The maximum Gasteiger partial charge on any atom is 0.247 e. The molecule has 12 heteroatoms. The lowest BCUT2D eigenvalue weighted by Crippen LogP contribution is -2.50. The van der Waals surface area contributed by atoms with Crippen molar-refractivity contribution < 1.29 is 18.7 Å². The molecule has 1 saturated heterocycles. The number of hydrogen-bond donors (Lipinski definition) is 3. The van der Waals surface area contributed by atoms with Crippen molar-refractivity contribution in [2.24, 2.45) is 0 Å². The van der Waals surface area contributed by atoms with Gasteiger partial charge in [-0.25, -0.2) is 13.8 Å². The van der Waals surface area contributed by atoms with Crippen LogP contribution in [0.2, 0.25) is 0 Å². The Morgan fingerprint density at radius 1 is 1.12 bits per heavy atom. The molecule has 10 nitrogen and oxygen atoms in total. The van der Waals surface area contributed by atoms with Gasteiger partial charge in [0.1, 0.15) is 5.82 Å². The molecule has 0 atom stereocenters. The fraction of sp³-hybridized carbons (Fsp3) is 0.286. The van der Waals surface area contributed by atoms with E-state index in [0.29, 0.717) is 55.4 Å². The maximum atomic E-state index is 15.2. The highest BCUT2D eigenvalue weighted by Crippen LogP contribution is 2.30. The van der Waals surface area contributed by atoms with Crippen molar-refractivity contribution in [3.63, 3.8) is 0 Å². The third-order valence-corrected chi connectivity index (χ3v) is 6.51. The monoisotopic (exact) mass is 548 g/mol. The summed E-state index contributed by atoms with van der Waals surface area (Å²) in [6, 6.07) is 10.1. The predicted octanol–water partition coefficient (Wildman–Crippen LogP) is 3.83. The molecule has 1 amide bonds. The number of benzene rings is 2. The number of fused-ring (bicyclic) bond motifs is 1. The van der Waals surface area contributed by atoms with Crippen molar-refractivity contribution in [2.45, 2.75) is 19.4 Å². The summed E-state index contributed by atoms with van der Waals surface area (Å²) in [4.78, 5) is 19.9. The molecule has 0 bridgehead atoms. The summed E-state index contributed by atoms with van der Waals surface area (Å²) in [6.45, 7) is 9.79. The second-order valence-electron chi connectivity index (χ2n) is 10.3. The molecule has 0 unspecified atom stereocenters. The Labute approximate surface area is 230 Å². The summed E-state index contributed by atoms with van der Waals surface area (Å²) in [5.41, 5.74) is 1.01. The van der Waals surface area contributed by atoms with Crippen LogP contribution in [0, 0.1) is 11.6 Å². The molecule has 0 radical (unpaired) electrons. The number of nitrogens with one attached hydrogen (secondary N) is 2. The number of β-amino-alcohol motifs (C(OH)–C–C–N with tert-alkyl or cyclic N) is 1. The number of aliphatic hydroxyl groups is 1. The van der Waals surface area contributed by atoms with Crippen molar-refractivity contribution in [3.8, 4) is 11.4 Å². The van der Waals surface area contributed by atoms with E-state index in [1.165, 1.54) is 18.3 Å². The molecule has 208 valence electrons. The van der Waals surface area contributed by atoms with E-state index in [-0.39, 0.29) is 23.1 Å². The Morgan fingerprint density at radius 3 is 2.62 bits per heavy atom. The summed E-state index contributed by atoms with van der Waals surface area (Å²) in [5.74, 6) is -1.55. The van der Waals surface area contributed by atoms with Gasteiger partial charge < -0.3 is 20.6 Å². The number of amides is 1. The molecule has 3 heterocycles. The normalized spacial score (nSPS) is 14.4. The molecule has 1 aliphatic heterocycles. The predicted molar refractivity (Wildman–Crippen MR) is 150 cm³/mol. The van der Waals surface area contributed by atoms with E-state index in [9.17, 15) is 9.90 Å². The third kappa shape index (κ3) is 5.92. The van der Waals surface area contributed by atoms with Gasteiger partial charge in [-0.2, -0.15) is 0 Å². The second-order valence-corrected chi connectivity index (χ2v) is 10.3. The first kappa shape index (κ1) is 27.2. The fourth-order valence-corrected chi connectivity index (χ4v) is 4.70. The number of piperazine rings is 1. The maximum absolute atomic E-state index is 15.2. The SMILES string of the molecule is C=CC(=O)Nc1cccc(-c2nnc3cnc(Nc4ccc(N5CCN(CC(C)(C)O)CC5)c(F)c4F)cn23)c1. The molecule has 5 rings (SSSR count). The van der Waals surface area contributed by atoms with Crippen LogP contribution in [-0.4, -0.2) is 73.8 Å². The second kappa shape index (κ2) is 11.0. The number of anilines is 4. The lowest BCUT2D eigenvalue weighted by atomic mass is 10.1. The largest absolute Gasteiger partial charge is 0.389 e. The molecule has 2 aromatic carbocycles.